The molecular formula is C16H18N2O3S. The summed E-state index contributed by atoms with van der Waals surface area (Å²) in [6.45, 7) is 0.363. The normalized spacial score (nSPS) is 10.2. The fourth-order valence-corrected chi connectivity index (χ4v) is 2.67. The van der Waals surface area contributed by atoms with Crippen LogP contribution in [0.2, 0.25) is 0 Å². The second-order valence-corrected chi connectivity index (χ2v) is 5.61. The van der Waals surface area contributed by atoms with Gasteiger partial charge in [-0.2, -0.15) is 0 Å². The highest BCUT2D eigenvalue weighted by Crippen LogP contribution is 2.14. The summed E-state index contributed by atoms with van der Waals surface area (Å²) >= 11 is 1.51. The molecule has 2 aromatic rings. The molecule has 0 unspecified atom stereocenters. The third-order valence-electron chi connectivity index (χ3n) is 2.97. The van der Waals surface area contributed by atoms with Gasteiger partial charge in [0.25, 0.3) is 5.91 Å². The van der Waals surface area contributed by atoms with Gasteiger partial charge in [0.2, 0.25) is 5.91 Å². The first-order chi connectivity index (χ1) is 10.7. The molecule has 2 amide bonds. The molecule has 0 aliphatic carbocycles. The molecule has 1 aromatic carbocycles. The molecule has 6 heteroatoms. The van der Waals surface area contributed by atoms with E-state index in [1.54, 1.807) is 25.4 Å². The van der Waals surface area contributed by atoms with Gasteiger partial charge in [0.05, 0.1) is 18.6 Å². The van der Waals surface area contributed by atoms with Crippen LogP contribution in [0.5, 0.6) is 0 Å². The van der Waals surface area contributed by atoms with E-state index in [0.717, 1.165) is 5.56 Å². The Balaban J connectivity index is 1.87. The van der Waals surface area contributed by atoms with Gasteiger partial charge in [-0.1, -0.05) is 12.1 Å². The number of carbonyl (C=O) groups is 2. The summed E-state index contributed by atoms with van der Waals surface area (Å²) in [5.74, 6) is 1.66. The van der Waals surface area contributed by atoms with Crippen LogP contribution < -0.4 is 10.6 Å². The second-order valence-electron chi connectivity index (χ2n) is 4.63. The third-order valence-corrected chi connectivity index (χ3v) is 3.98. The lowest BCUT2D eigenvalue weighted by molar-refractivity contribution is -0.118. The van der Waals surface area contributed by atoms with Crippen LogP contribution in [-0.4, -0.2) is 24.6 Å². The van der Waals surface area contributed by atoms with Crippen LogP contribution in [0.3, 0.4) is 0 Å². The molecule has 2 N–H and O–H groups in total. The fraction of sp³-hybridized carbons (Fsp3) is 0.250. The van der Waals surface area contributed by atoms with Crippen molar-refractivity contribution in [1.82, 2.24) is 10.6 Å². The molecule has 5 nitrogen and oxygen atoms in total. The van der Waals surface area contributed by atoms with Gasteiger partial charge in [-0.05, 0) is 29.8 Å². The standard InChI is InChI=1S/C16H18N2O3S/c1-17-15(19)11-22-10-12-4-2-5-13(8-12)16(20)18-9-14-6-3-7-21-14/h2-8H,9-11H2,1H3,(H,17,19)(H,18,20). The van der Waals surface area contributed by atoms with E-state index >= 15 is 0 Å². The number of hydrogen-bond donors (Lipinski definition) is 2. The predicted molar refractivity (Wildman–Crippen MR) is 86.5 cm³/mol. The highest BCUT2D eigenvalue weighted by Gasteiger charge is 2.07. The smallest absolute Gasteiger partial charge is 0.251 e. The molecule has 2 rings (SSSR count). The average molecular weight is 318 g/mol. The Morgan fingerprint density at radius 1 is 1.23 bits per heavy atom. The molecule has 0 fully saturated rings. The van der Waals surface area contributed by atoms with Crippen molar-refractivity contribution < 1.29 is 14.0 Å². The van der Waals surface area contributed by atoms with E-state index in [4.69, 9.17) is 4.42 Å². The maximum atomic E-state index is 12.1. The Labute approximate surface area is 133 Å². The SMILES string of the molecule is CNC(=O)CSCc1cccc(C(=O)NCc2ccco2)c1. The van der Waals surface area contributed by atoms with Crippen LogP contribution in [0.1, 0.15) is 21.7 Å². The van der Waals surface area contributed by atoms with Crippen LogP contribution in [0.4, 0.5) is 0 Å². The molecule has 116 valence electrons. The number of benzene rings is 1. The lowest BCUT2D eigenvalue weighted by Gasteiger charge is -2.06. The van der Waals surface area contributed by atoms with Crippen molar-refractivity contribution in [2.45, 2.75) is 12.3 Å². The van der Waals surface area contributed by atoms with E-state index in [2.05, 4.69) is 10.6 Å². The second kappa shape index (κ2) is 8.29. The molecule has 0 bridgehead atoms. The Morgan fingerprint density at radius 2 is 2.09 bits per heavy atom. The molecule has 0 aliphatic heterocycles. The van der Waals surface area contributed by atoms with Gasteiger partial charge in [0, 0.05) is 18.4 Å². The summed E-state index contributed by atoms with van der Waals surface area (Å²) in [6.07, 6.45) is 1.58. The van der Waals surface area contributed by atoms with Gasteiger partial charge in [-0.3, -0.25) is 9.59 Å². The summed E-state index contributed by atoms with van der Waals surface area (Å²) in [4.78, 5) is 23.3. The highest BCUT2D eigenvalue weighted by atomic mass is 32.2. The van der Waals surface area contributed by atoms with Gasteiger partial charge in [-0.15, -0.1) is 11.8 Å². The van der Waals surface area contributed by atoms with E-state index in [1.165, 1.54) is 11.8 Å². The summed E-state index contributed by atoms with van der Waals surface area (Å²) in [7, 11) is 1.62. The van der Waals surface area contributed by atoms with Gasteiger partial charge >= 0.3 is 0 Å². The maximum Gasteiger partial charge on any atom is 0.251 e. The number of hydrogen-bond acceptors (Lipinski definition) is 4. The molecular weight excluding hydrogens is 300 g/mol. The molecule has 0 saturated carbocycles. The van der Waals surface area contributed by atoms with Crippen molar-refractivity contribution in [2.75, 3.05) is 12.8 Å². The Bertz CT molecular complexity index is 626. The van der Waals surface area contributed by atoms with E-state index in [0.29, 0.717) is 29.4 Å². The molecule has 0 atom stereocenters. The lowest BCUT2D eigenvalue weighted by Crippen LogP contribution is -2.22. The maximum absolute atomic E-state index is 12.1. The Kier molecular flexibility index (Phi) is 6.09. The van der Waals surface area contributed by atoms with Crippen molar-refractivity contribution in [3.63, 3.8) is 0 Å². The summed E-state index contributed by atoms with van der Waals surface area (Å²) in [5, 5.41) is 5.39. The first kappa shape index (κ1) is 16.2. The Hall–Kier alpha value is -2.21. The first-order valence-corrected chi connectivity index (χ1v) is 8.02. The number of rotatable bonds is 7. The molecule has 0 radical (unpaired) electrons. The quantitative estimate of drug-likeness (QED) is 0.821. The minimum Gasteiger partial charge on any atom is -0.467 e. The van der Waals surface area contributed by atoms with Crippen LogP contribution in [0, 0.1) is 0 Å². The number of thioether (sulfide) groups is 1. The average Bonchev–Trinajstić information content (AvgIpc) is 3.06. The monoisotopic (exact) mass is 318 g/mol. The molecule has 0 saturated heterocycles. The number of carbonyl (C=O) groups excluding carboxylic acids is 2. The van der Waals surface area contributed by atoms with E-state index < -0.39 is 0 Å². The topological polar surface area (TPSA) is 71.3 Å². The van der Waals surface area contributed by atoms with Crippen LogP contribution in [-0.2, 0) is 17.1 Å². The van der Waals surface area contributed by atoms with Gasteiger partial charge < -0.3 is 15.1 Å². The third kappa shape index (κ3) is 4.96. The molecule has 0 aliphatic rings. The molecule has 1 aromatic heterocycles. The molecule has 1 heterocycles. The van der Waals surface area contributed by atoms with Crippen molar-refractivity contribution >= 4 is 23.6 Å². The minimum absolute atomic E-state index is 0.00246. The van der Waals surface area contributed by atoms with Crippen molar-refractivity contribution in [2.24, 2.45) is 0 Å². The van der Waals surface area contributed by atoms with Crippen molar-refractivity contribution in [3.8, 4) is 0 Å². The highest BCUT2D eigenvalue weighted by molar-refractivity contribution is 7.99. The van der Waals surface area contributed by atoms with E-state index in [9.17, 15) is 9.59 Å². The fourth-order valence-electron chi connectivity index (χ4n) is 1.82. The van der Waals surface area contributed by atoms with Crippen LogP contribution in [0.15, 0.2) is 47.1 Å². The van der Waals surface area contributed by atoms with Crippen LogP contribution in [0.25, 0.3) is 0 Å². The summed E-state index contributed by atoms with van der Waals surface area (Å²) in [6, 6.07) is 11.0. The largest absolute Gasteiger partial charge is 0.467 e. The number of nitrogens with one attached hydrogen (secondary N) is 2. The van der Waals surface area contributed by atoms with Crippen LogP contribution >= 0.6 is 11.8 Å². The zero-order chi connectivity index (χ0) is 15.8. The number of furan rings is 1. The molecule has 22 heavy (non-hydrogen) atoms. The lowest BCUT2D eigenvalue weighted by atomic mass is 10.1. The molecule has 0 spiro atoms. The number of amides is 2. The van der Waals surface area contributed by atoms with Crippen molar-refractivity contribution in [3.05, 3.63) is 59.5 Å². The van der Waals surface area contributed by atoms with Crippen molar-refractivity contribution in [1.29, 1.82) is 0 Å². The first-order valence-electron chi connectivity index (χ1n) is 6.87. The van der Waals surface area contributed by atoms with E-state index in [1.807, 2.05) is 24.3 Å². The Morgan fingerprint density at radius 3 is 2.82 bits per heavy atom. The van der Waals surface area contributed by atoms with E-state index in [-0.39, 0.29) is 11.8 Å². The zero-order valence-corrected chi connectivity index (χ0v) is 13.1. The predicted octanol–water partition coefficient (Wildman–Crippen LogP) is 2.19. The summed E-state index contributed by atoms with van der Waals surface area (Å²) in [5.41, 5.74) is 1.61. The summed E-state index contributed by atoms with van der Waals surface area (Å²) < 4.78 is 5.17. The van der Waals surface area contributed by atoms with Gasteiger partial charge in [0.15, 0.2) is 0 Å². The van der Waals surface area contributed by atoms with Gasteiger partial charge in [0.1, 0.15) is 5.76 Å². The zero-order valence-electron chi connectivity index (χ0n) is 12.3. The van der Waals surface area contributed by atoms with Gasteiger partial charge in [-0.25, -0.2) is 0 Å². The minimum atomic E-state index is -0.144.